The van der Waals surface area contributed by atoms with E-state index < -0.39 is 0 Å². The molecule has 3 heteroatoms. The van der Waals surface area contributed by atoms with Crippen LogP contribution < -0.4 is 10.6 Å². The van der Waals surface area contributed by atoms with Gasteiger partial charge in [-0.3, -0.25) is 0 Å². The normalized spacial score (nSPS) is 21.3. The second-order valence-electron chi connectivity index (χ2n) is 3.98. The van der Waals surface area contributed by atoms with Gasteiger partial charge in [0.05, 0.1) is 13.2 Å². The summed E-state index contributed by atoms with van der Waals surface area (Å²) >= 11 is 0. The van der Waals surface area contributed by atoms with Crippen LogP contribution in [0.5, 0.6) is 0 Å². The minimum Gasteiger partial charge on any atom is -0.383 e. The SMILES string of the molecule is Cc1cccc(NCC2COCCN2)c1. The number of aryl methyl sites for hydroxylation is 1. The first-order valence-corrected chi connectivity index (χ1v) is 5.46. The maximum atomic E-state index is 5.39. The van der Waals surface area contributed by atoms with E-state index in [0.29, 0.717) is 6.04 Å². The van der Waals surface area contributed by atoms with Crippen LogP contribution in [-0.2, 0) is 4.74 Å². The first-order valence-electron chi connectivity index (χ1n) is 5.46. The Kier molecular flexibility index (Phi) is 3.59. The maximum absolute atomic E-state index is 5.39. The fraction of sp³-hybridized carbons (Fsp3) is 0.500. The van der Waals surface area contributed by atoms with Gasteiger partial charge in [-0.25, -0.2) is 0 Å². The van der Waals surface area contributed by atoms with Gasteiger partial charge < -0.3 is 15.4 Å². The van der Waals surface area contributed by atoms with Crippen molar-refractivity contribution in [1.82, 2.24) is 5.32 Å². The summed E-state index contributed by atoms with van der Waals surface area (Å²) in [4.78, 5) is 0. The Morgan fingerprint density at radius 1 is 1.53 bits per heavy atom. The topological polar surface area (TPSA) is 33.3 Å². The molecule has 0 aliphatic carbocycles. The van der Waals surface area contributed by atoms with E-state index in [1.54, 1.807) is 0 Å². The van der Waals surface area contributed by atoms with Crippen molar-refractivity contribution in [3.05, 3.63) is 29.8 Å². The van der Waals surface area contributed by atoms with Crippen molar-refractivity contribution >= 4 is 5.69 Å². The second kappa shape index (κ2) is 5.14. The van der Waals surface area contributed by atoms with Gasteiger partial charge in [-0.05, 0) is 24.6 Å². The van der Waals surface area contributed by atoms with Gasteiger partial charge in [0.25, 0.3) is 0 Å². The van der Waals surface area contributed by atoms with Gasteiger partial charge in [-0.1, -0.05) is 12.1 Å². The summed E-state index contributed by atoms with van der Waals surface area (Å²) < 4.78 is 5.39. The van der Waals surface area contributed by atoms with E-state index in [2.05, 4.69) is 41.8 Å². The van der Waals surface area contributed by atoms with E-state index in [9.17, 15) is 0 Å². The summed E-state index contributed by atoms with van der Waals surface area (Å²) in [6.45, 7) is 5.62. The van der Waals surface area contributed by atoms with Gasteiger partial charge in [0.1, 0.15) is 0 Å². The molecule has 1 aromatic rings. The summed E-state index contributed by atoms with van der Waals surface area (Å²) in [5, 5.41) is 6.83. The molecular formula is C12H18N2O. The lowest BCUT2D eigenvalue weighted by Gasteiger charge is -2.24. The predicted molar refractivity (Wildman–Crippen MR) is 62.3 cm³/mol. The quantitative estimate of drug-likeness (QED) is 0.784. The van der Waals surface area contributed by atoms with Crippen LogP contribution in [0.4, 0.5) is 5.69 Å². The first-order chi connectivity index (χ1) is 7.34. The zero-order valence-electron chi connectivity index (χ0n) is 9.12. The summed E-state index contributed by atoms with van der Waals surface area (Å²) in [6.07, 6.45) is 0. The lowest BCUT2D eigenvalue weighted by atomic mass is 10.2. The number of ether oxygens (including phenoxy) is 1. The van der Waals surface area contributed by atoms with Crippen molar-refractivity contribution in [2.45, 2.75) is 13.0 Å². The molecule has 0 bridgehead atoms. The molecule has 2 rings (SSSR count). The molecule has 0 aromatic heterocycles. The smallest absolute Gasteiger partial charge is 0.0637 e. The van der Waals surface area contributed by atoms with Crippen LogP contribution >= 0.6 is 0 Å². The number of nitrogens with one attached hydrogen (secondary N) is 2. The molecule has 1 saturated heterocycles. The van der Waals surface area contributed by atoms with Crippen molar-refractivity contribution in [2.24, 2.45) is 0 Å². The molecule has 1 aliphatic heterocycles. The van der Waals surface area contributed by atoms with E-state index in [1.807, 2.05) is 0 Å². The van der Waals surface area contributed by atoms with Crippen molar-refractivity contribution < 1.29 is 4.74 Å². The minimum atomic E-state index is 0.430. The van der Waals surface area contributed by atoms with Crippen LogP contribution in [-0.4, -0.2) is 32.3 Å². The molecule has 0 radical (unpaired) electrons. The lowest BCUT2D eigenvalue weighted by Crippen LogP contribution is -2.45. The van der Waals surface area contributed by atoms with E-state index in [0.717, 1.165) is 26.3 Å². The third-order valence-corrected chi connectivity index (χ3v) is 2.57. The molecule has 15 heavy (non-hydrogen) atoms. The molecule has 1 fully saturated rings. The Balaban J connectivity index is 1.81. The van der Waals surface area contributed by atoms with Crippen molar-refractivity contribution in [1.29, 1.82) is 0 Å². The van der Waals surface area contributed by atoms with Crippen LogP contribution in [0.1, 0.15) is 5.56 Å². The van der Waals surface area contributed by atoms with E-state index in [4.69, 9.17) is 4.74 Å². The molecule has 0 saturated carbocycles. The zero-order valence-corrected chi connectivity index (χ0v) is 9.12. The van der Waals surface area contributed by atoms with Crippen LogP contribution in [0.15, 0.2) is 24.3 Å². The number of hydrogen-bond acceptors (Lipinski definition) is 3. The molecule has 82 valence electrons. The summed E-state index contributed by atoms with van der Waals surface area (Å²) in [5.74, 6) is 0. The summed E-state index contributed by atoms with van der Waals surface area (Å²) in [5.41, 5.74) is 2.47. The molecule has 0 amide bonds. The largest absolute Gasteiger partial charge is 0.383 e. The van der Waals surface area contributed by atoms with Crippen molar-refractivity contribution in [2.75, 3.05) is 31.6 Å². The average molecular weight is 206 g/mol. The summed E-state index contributed by atoms with van der Waals surface area (Å²) in [7, 11) is 0. The van der Waals surface area contributed by atoms with Gasteiger partial charge in [0.2, 0.25) is 0 Å². The maximum Gasteiger partial charge on any atom is 0.0637 e. The van der Waals surface area contributed by atoms with E-state index in [1.165, 1.54) is 11.3 Å². The highest BCUT2D eigenvalue weighted by molar-refractivity contribution is 5.45. The van der Waals surface area contributed by atoms with Crippen LogP contribution in [0.25, 0.3) is 0 Å². The highest BCUT2D eigenvalue weighted by atomic mass is 16.5. The van der Waals surface area contributed by atoms with Gasteiger partial charge in [-0.15, -0.1) is 0 Å². The number of anilines is 1. The first kappa shape index (κ1) is 10.5. The molecule has 1 atom stereocenters. The fourth-order valence-corrected chi connectivity index (χ4v) is 1.75. The number of benzene rings is 1. The van der Waals surface area contributed by atoms with Crippen LogP contribution in [0, 0.1) is 6.92 Å². The average Bonchev–Trinajstić information content (AvgIpc) is 2.28. The fourth-order valence-electron chi connectivity index (χ4n) is 1.75. The van der Waals surface area contributed by atoms with Gasteiger partial charge in [0, 0.05) is 24.8 Å². The Morgan fingerprint density at radius 2 is 2.47 bits per heavy atom. The number of hydrogen-bond donors (Lipinski definition) is 2. The predicted octanol–water partition coefficient (Wildman–Crippen LogP) is 1.40. The zero-order chi connectivity index (χ0) is 10.5. The molecule has 1 aromatic carbocycles. The van der Waals surface area contributed by atoms with Gasteiger partial charge in [0.15, 0.2) is 0 Å². The molecular weight excluding hydrogens is 188 g/mol. The minimum absolute atomic E-state index is 0.430. The third-order valence-electron chi connectivity index (χ3n) is 2.57. The lowest BCUT2D eigenvalue weighted by molar-refractivity contribution is 0.0806. The molecule has 1 heterocycles. The second-order valence-corrected chi connectivity index (χ2v) is 3.98. The Morgan fingerprint density at radius 3 is 3.20 bits per heavy atom. The van der Waals surface area contributed by atoms with Gasteiger partial charge in [-0.2, -0.15) is 0 Å². The van der Waals surface area contributed by atoms with Crippen molar-refractivity contribution in [3.63, 3.8) is 0 Å². The molecule has 1 unspecified atom stereocenters. The molecule has 3 nitrogen and oxygen atoms in total. The molecule has 2 N–H and O–H groups in total. The monoisotopic (exact) mass is 206 g/mol. The molecule has 0 spiro atoms. The highest BCUT2D eigenvalue weighted by Crippen LogP contribution is 2.09. The summed E-state index contributed by atoms with van der Waals surface area (Å²) in [6, 6.07) is 8.86. The Bertz CT molecular complexity index is 308. The standard InChI is InChI=1S/C12H18N2O/c1-10-3-2-4-11(7-10)14-8-12-9-15-6-5-13-12/h2-4,7,12-14H,5-6,8-9H2,1H3. The number of rotatable bonds is 3. The van der Waals surface area contributed by atoms with Crippen molar-refractivity contribution in [3.8, 4) is 0 Å². The van der Waals surface area contributed by atoms with E-state index >= 15 is 0 Å². The Hall–Kier alpha value is -1.06. The molecule has 1 aliphatic rings. The van der Waals surface area contributed by atoms with Crippen LogP contribution in [0.2, 0.25) is 0 Å². The highest BCUT2D eigenvalue weighted by Gasteiger charge is 2.11. The Labute approximate surface area is 90.8 Å². The number of morpholine rings is 1. The van der Waals surface area contributed by atoms with E-state index in [-0.39, 0.29) is 0 Å². The third kappa shape index (κ3) is 3.22. The van der Waals surface area contributed by atoms with Crippen LogP contribution in [0.3, 0.4) is 0 Å². The van der Waals surface area contributed by atoms with Gasteiger partial charge >= 0.3 is 0 Å².